The first-order valence-electron chi connectivity index (χ1n) is 9.37. The first kappa shape index (κ1) is 17.6. The third kappa shape index (κ3) is 4.04. The van der Waals surface area contributed by atoms with E-state index in [-0.39, 0.29) is 0 Å². The van der Waals surface area contributed by atoms with Crippen LogP contribution in [0.3, 0.4) is 0 Å². The van der Waals surface area contributed by atoms with Gasteiger partial charge in [0, 0.05) is 44.3 Å². The van der Waals surface area contributed by atoms with Crippen molar-refractivity contribution in [1.82, 2.24) is 9.80 Å². The lowest BCUT2D eigenvalue weighted by Gasteiger charge is -2.42. The second-order valence-electron chi connectivity index (χ2n) is 7.39. The van der Waals surface area contributed by atoms with Crippen LogP contribution in [0.25, 0.3) is 0 Å². The van der Waals surface area contributed by atoms with Crippen LogP contribution in [0.4, 0.5) is 0 Å². The molecular weight excluding hydrogens is 300 g/mol. The molecule has 24 heavy (non-hydrogen) atoms. The third-order valence-electron chi connectivity index (χ3n) is 5.71. The number of rotatable bonds is 5. The smallest absolute Gasteiger partial charge is 0.165 e. The van der Waals surface area contributed by atoms with E-state index in [1.807, 2.05) is 6.07 Å². The predicted octanol–water partition coefficient (Wildman–Crippen LogP) is 3.40. The molecule has 4 nitrogen and oxygen atoms in total. The number of hydrogen-bond donors (Lipinski definition) is 0. The van der Waals surface area contributed by atoms with Gasteiger partial charge in [0.15, 0.2) is 11.5 Å². The molecule has 0 N–H and O–H groups in total. The summed E-state index contributed by atoms with van der Waals surface area (Å²) in [6.45, 7) is 8.04. The minimum absolute atomic E-state index is 0.822. The van der Waals surface area contributed by atoms with Crippen molar-refractivity contribution in [3.05, 3.63) is 23.8 Å². The Balaban J connectivity index is 1.56. The van der Waals surface area contributed by atoms with Crippen LogP contribution < -0.4 is 9.47 Å². The number of hydrogen-bond acceptors (Lipinski definition) is 4. The molecule has 4 heteroatoms. The van der Waals surface area contributed by atoms with Gasteiger partial charge in [-0.05, 0) is 24.8 Å². The summed E-state index contributed by atoms with van der Waals surface area (Å²) >= 11 is 0. The third-order valence-corrected chi connectivity index (χ3v) is 5.71. The van der Waals surface area contributed by atoms with E-state index in [9.17, 15) is 0 Å². The van der Waals surface area contributed by atoms with Gasteiger partial charge in [-0.25, -0.2) is 0 Å². The molecule has 1 aromatic rings. The molecule has 1 aliphatic carbocycles. The van der Waals surface area contributed by atoms with Crippen molar-refractivity contribution in [3.8, 4) is 11.5 Å². The standard InChI is InChI=1S/C20H32N2O2/c1-16-6-4-8-18(14-16)22-12-10-21(11-13-22)15-17-7-5-9-19(23-2)20(17)24-3/h5,7,9,16,18H,4,6,8,10-15H2,1-3H3. The van der Waals surface area contributed by atoms with Crippen LogP contribution in [0.5, 0.6) is 11.5 Å². The molecule has 2 unspecified atom stereocenters. The number of benzene rings is 1. The normalized spacial score (nSPS) is 26.3. The largest absolute Gasteiger partial charge is 0.493 e. The van der Waals surface area contributed by atoms with Gasteiger partial charge in [0.2, 0.25) is 0 Å². The molecule has 2 atom stereocenters. The van der Waals surface area contributed by atoms with E-state index < -0.39 is 0 Å². The summed E-state index contributed by atoms with van der Waals surface area (Å²) < 4.78 is 11.0. The highest BCUT2D eigenvalue weighted by Crippen LogP contribution is 2.32. The highest BCUT2D eigenvalue weighted by Gasteiger charge is 2.27. The van der Waals surface area contributed by atoms with E-state index in [0.717, 1.165) is 43.1 Å². The monoisotopic (exact) mass is 332 g/mol. The molecule has 0 spiro atoms. The van der Waals surface area contributed by atoms with Gasteiger partial charge in [-0.3, -0.25) is 9.80 Å². The highest BCUT2D eigenvalue weighted by atomic mass is 16.5. The van der Waals surface area contributed by atoms with E-state index in [1.165, 1.54) is 44.3 Å². The molecule has 1 heterocycles. The van der Waals surface area contributed by atoms with Crippen molar-refractivity contribution in [2.45, 2.75) is 45.2 Å². The quantitative estimate of drug-likeness (QED) is 0.825. The van der Waals surface area contributed by atoms with Gasteiger partial charge in [0.1, 0.15) is 0 Å². The lowest BCUT2D eigenvalue weighted by atomic mass is 9.86. The van der Waals surface area contributed by atoms with Crippen LogP contribution in [0.2, 0.25) is 0 Å². The zero-order valence-electron chi connectivity index (χ0n) is 15.5. The van der Waals surface area contributed by atoms with E-state index in [4.69, 9.17) is 9.47 Å². The summed E-state index contributed by atoms with van der Waals surface area (Å²) in [6, 6.07) is 6.99. The maximum Gasteiger partial charge on any atom is 0.165 e. The number of ether oxygens (including phenoxy) is 2. The Kier molecular flexibility index (Phi) is 6.01. The topological polar surface area (TPSA) is 24.9 Å². The van der Waals surface area contributed by atoms with Crippen LogP contribution >= 0.6 is 0 Å². The number of methoxy groups -OCH3 is 2. The minimum atomic E-state index is 0.822. The Morgan fingerprint density at radius 1 is 1.04 bits per heavy atom. The van der Waals surface area contributed by atoms with Gasteiger partial charge >= 0.3 is 0 Å². The fraction of sp³-hybridized carbons (Fsp3) is 0.700. The Morgan fingerprint density at radius 2 is 1.83 bits per heavy atom. The van der Waals surface area contributed by atoms with Crippen LogP contribution in [-0.2, 0) is 6.54 Å². The first-order valence-corrected chi connectivity index (χ1v) is 9.37. The van der Waals surface area contributed by atoms with Crippen LogP contribution in [0.15, 0.2) is 18.2 Å². The Hall–Kier alpha value is -1.26. The fourth-order valence-corrected chi connectivity index (χ4v) is 4.34. The summed E-state index contributed by atoms with van der Waals surface area (Å²) in [7, 11) is 3.43. The summed E-state index contributed by atoms with van der Waals surface area (Å²) in [6.07, 6.45) is 5.62. The Morgan fingerprint density at radius 3 is 2.50 bits per heavy atom. The number of para-hydroxylation sites is 1. The molecule has 2 aliphatic rings. The van der Waals surface area contributed by atoms with E-state index >= 15 is 0 Å². The molecule has 1 saturated carbocycles. The molecular formula is C20H32N2O2. The zero-order chi connectivity index (χ0) is 16.9. The number of piperazine rings is 1. The van der Waals surface area contributed by atoms with Crippen LogP contribution in [-0.4, -0.2) is 56.2 Å². The second-order valence-corrected chi connectivity index (χ2v) is 7.39. The molecule has 0 radical (unpaired) electrons. The van der Waals surface area contributed by atoms with Crippen molar-refractivity contribution in [3.63, 3.8) is 0 Å². The Bertz CT molecular complexity index is 526. The zero-order valence-corrected chi connectivity index (χ0v) is 15.5. The van der Waals surface area contributed by atoms with Gasteiger partial charge < -0.3 is 9.47 Å². The molecule has 0 aromatic heterocycles. The summed E-state index contributed by atoms with van der Waals surface area (Å²) in [5, 5.41) is 0. The SMILES string of the molecule is COc1cccc(CN2CCN(C3CCCC(C)C3)CC2)c1OC. The minimum Gasteiger partial charge on any atom is -0.493 e. The lowest BCUT2D eigenvalue weighted by molar-refractivity contribution is 0.0655. The predicted molar refractivity (Wildman–Crippen MR) is 97.8 cm³/mol. The van der Waals surface area contributed by atoms with Gasteiger partial charge in [-0.1, -0.05) is 31.9 Å². The van der Waals surface area contributed by atoms with Crippen molar-refractivity contribution in [2.75, 3.05) is 40.4 Å². The van der Waals surface area contributed by atoms with Gasteiger partial charge in [0.05, 0.1) is 14.2 Å². The summed E-state index contributed by atoms with van der Waals surface area (Å²) in [5.74, 6) is 2.61. The fourth-order valence-electron chi connectivity index (χ4n) is 4.34. The van der Waals surface area contributed by atoms with E-state index in [2.05, 4.69) is 28.9 Å². The van der Waals surface area contributed by atoms with Crippen LogP contribution in [0.1, 0.15) is 38.2 Å². The molecule has 2 fully saturated rings. The highest BCUT2D eigenvalue weighted by molar-refractivity contribution is 5.46. The van der Waals surface area contributed by atoms with E-state index in [0.29, 0.717) is 0 Å². The van der Waals surface area contributed by atoms with Gasteiger partial charge in [-0.15, -0.1) is 0 Å². The second kappa shape index (κ2) is 8.21. The maximum atomic E-state index is 5.57. The molecule has 1 aromatic carbocycles. The maximum absolute atomic E-state index is 5.57. The molecule has 1 aliphatic heterocycles. The molecule has 1 saturated heterocycles. The van der Waals surface area contributed by atoms with Crippen molar-refractivity contribution in [1.29, 1.82) is 0 Å². The molecule has 134 valence electrons. The van der Waals surface area contributed by atoms with E-state index in [1.54, 1.807) is 14.2 Å². The lowest BCUT2D eigenvalue weighted by Crippen LogP contribution is -2.50. The summed E-state index contributed by atoms with van der Waals surface area (Å²) in [5.41, 5.74) is 1.22. The average Bonchev–Trinajstić information content (AvgIpc) is 2.62. The average molecular weight is 332 g/mol. The van der Waals surface area contributed by atoms with Crippen LogP contribution in [0, 0.1) is 5.92 Å². The Labute approximate surface area is 146 Å². The van der Waals surface area contributed by atoms with Crippen molar-refractivity contribution < 1.29 is 9.47 Å². The van der Waals surface area contributed by atoms with Crippen molar-refractivity contribution >= 4 is 0 Å². The molecule has 0 amide bonds. The van der Waals surface area contributed by atoms with Crippen molar-refractivity contribution in [2.24, 2.45) is 5.92 Å². The van der Waals surface area contributed by atoms with Gasteiger partial charge in [0.25, 0.3) is 0 Å². The first-order chi connectivity index (χ1) is 11.7. The molecule has 0 bridgehead atoms. The molecule has 3 rings (SSSR count). The summed E-state index contributed by atoms with van der Waals surface area (Å²) in [4.78, 5) is 5.27. The number of nitrogens with zero attached hydrogens (tertiary/aromatic N) is 2. The van der Waals surface area contributed by atoms with Gasteiger partial charge in [-0.2, -0.15) is 0 Å².